The van der Waals surface area contributed by atoms with Crippen molar-refractivity contribution in [1.82, 2.24) is 25.1 Å². The van der Waals surface area contributed by atoms with Crippen LogP contribution in [0, 0.1) is 0 Å². The summed E-state index contributed by atoms with van der Waals surface area (Å²) in [5, 5.41) is 31.1. The van der Waals surface area contributed by atoms with Gasteiger partial charge in [-0.05, 0) is 63.6 Å². The lowest BCUT2D eigenvalue weighted by Gasteiger charge is -2.38. The largest absolute Gasteiger partial charge is 0.374 e. The minimum Gasteiger partial charge on any atom is -0.374 e. The number of hydrogen-bond donors (Lipinski definition) is 6. The Hall–Kier alpha value is -3.02. The standard InChI is InChI=1S/C25H34N6O4/c32-22-18-8-1-3-10-20(18)28-24(34)30(22)16-6-14-26-12-5-13-27-15-7-17-31-23(33)19-9-2-4-11-21(19)29-25(31)35/h1-4,8-11,22,24,26-28,32,34H,5-7,12-17H2,(H,29,35). The smallest absolute Gasteiger partial charge is 0.328 e. The number of aromatic nitrogens is 2. The van der Waals surface area contributed by atoms with E-state index in [1.54, 1.807) is 29.2 Å². The maximum absolute atomic E-state index is 12.5. The van der Waals surface area contributed by atoms with E-state index in [0.29, 0.717) is 30.4 Å². The molecule has 1 aromatic heterocycles. The van der Waals surface area contributed by atoms with Crippen LogP contribution < -0.4 is 27.2 Å². The quantitative estimate of drug-likeness (QED) is 0.208. The summed E-state index contributed by atoms with van der Waals surface area (Å²) in [6.07, 6.45) is 0.686. The van der Waals surface area contributed by atoms with Crippen molar-refractivity contribution in [3.05, 3.63) is 74.9 Å². The highest BCUT2D eigenvalue weighted by Gasteiger charge is 2.30. The first kappa shape index (κ1) is 25.1. The summed E-state index contributed by atoms with van der Waals surface area (Å²) in [5.41, 5.74) is 1.47. The number of benzene rings is 2. The Balaban J connectivity index is 1.07. The molecule has 0 spiro atoms. The number of fused-ring (bicyclic) bond motifs is 2. The van der Waals surface area contributed by atoms with E-state index in [1.165, 1.54) is 4.57 Å². The van der Waals surface area contributed by atoms with Gasteiger partial charge in [0.25, 0.3) is 5.56 Å². The molecular formula is C25H34N6O4. The Morgan fingerprint density at radius 2 is 1.49 bits per heavy atom. The highest BCUT2D eigenvalue weighted by atomic mass is 16.3. The van der Waals surface area contributed by atoms with Crippen LogP contribution in [0.5, 0.6) is 0 Å². The average molecular weight is 483 g/mol. The predicted molar refractivity (Wildman–Crippen MR) is 136 cm³/mol. The maximum Gasteiger partial charge on any atom is 0.328 e. The highest BCUT2D eigenvalue weighted by molar-refractivity contribution is 5.76. The number of nitrogens with one attached hydrogen (secondary N) is 4. The SMILES string of the molecule is O=c1[nH]c2ccccc2c(=O)n1CCCNCCCNCCCN1C(O)Nc2ccccc2C1O. The van der Waals surface area contributed by atoms with Gasteiger partial charge in [0.15, 0.2) is 6.35 Å². The molecule has 0 radical (unpaired) electrons. The van der Waals surface area contributed by atoms with Crippen LogP contribution >= 0.6 is 0 Å². The number of anilines is 1. The Morgan fingerprint density at radius 1 is 0.829 bits per heavy atom. The first-order valence-electron chi connectivity index (χ1n) is 12.2. The zero-order valence-corrected chi connectivity index (χ0v) is 19.7. The van der Waals surface area contributed by atoms with E-state index >= 15 is 0 Å². The summed E-state index contributed by atoms with van der Waals surface area (Å²) in [4.78, 5) is 29.1. The van der Waals surface area contributed by atoms with Crippen molar-refractivity contribution >= 4 is 16.6 Å². The normalized spacial score (nSPS) is 17.9. The average Bonchev–Trinajstić information content (AvgIpc) is 2.86. The molecule has 2 aromatic carbocycles. The predicted octanol–water partition coefficient (Wildman–Crippen LogP) is 0.734. The van der Waals surface area contributed by atoms with Gasteiger partial charge >= 0.3 is 5.69 Å². The molecule has 2 unspecified atom stereocenters. The second-order valence-corrected chi connectivity index (χ2v) is 8.71. The third-order valence-corrected chi connectivity index (χ3v) is 6.25. The third-order valence-electron chi connectivity index (χ3n) is 6.25. The number of para-hydroxylation sites is 2. The molecule has 0 fully saturated rings. The molecule has 35 heavy (non-hydrogen) atoms. The van der Waals surface area contributed by atoms with Crippen LogP contribution in [0.2, 0.25) is 0 Å². The Kier molecular flexibility index (Phi) is 8.67. The van der Waals surface area contributed by atoms with Crippen molar-refractivity contribution in [3.8, 4) is 0 Å². The van der Waals surface area contributed by atoms with E-state index in [-0.39, 0.29) is 11.2 Å². The summed E-state index contributed by atoms with van der Waals surface area (Å²) in [7, 11) is 0. The number of aliphatic hydroxyl groups is 2. The zero-order valence-electron chi connectivity index (χ0n) is 19.7. The van der Waals surface area contributed by atoms with E-state index in [4.69, 9.17) is 0 Å². The molecule has 1 aliphatic heterocycles. The molecule has 0 saturated heterocycles. The number of aromatic amines is 1. The topological polar surface area (TPSA) is 135 Å². The van der Waals surface area contributed by atoms with Crippen molar-refractivity contribution in [2.75, 3.05) is 38.0 Å². The van der Waals surface area contributed by atoms with Gasteiger partial charge < -0.3 is 31.1 Å². The van der Waals surface area contributed by atoms with Gasteiger partial charge in [-0.1, -0.05) is 30.3 Å². The summed E-state index contributed by atoms with van der Waals surface area (Å²) >= 11 is 0. The Labute approximate surface area is 203 Å². The lowest BCUT2D eigenvalue weighted by molar-refractivity contribution is -0.0979. The van der Waals surface area contributed by atoms with Crippen molar-refractivity contribution in [1.29, 1.82) is 0 Å². The molecule has 0 bridgehead atoms. The molecule has 10 nitrogen and oxygen atoms in total. The monoisotopic (exact) mass is 482 g/mol. The van der Waals surface area contributed by atoms with Crippen molar-refractivity contribution in [2.45, 2.75) is 38.4 Å². The van der Waals surface area contributed by atoms with E-state index in [2.05, 4.69) is 20.9 Å². The second kappa shape index (κ2) is 12.1. The highest BCUT2D eigenvalue weighted by Crippen LogP contribution is 2.31. The second-order valence-electron chi connectivity index (χ2n) is 8.71. The van der Waals surface area contributed by atoms with E-state index in [1.807, 2.05) is 24.3 Å². The molecule has 0 saturated carbocycles. The van der Waals surface area contributed by atoms with Crippen molar-refractivity contribution in [2.24, 2.45) is 0 Å². The molecule has 3 aromatic rings. The fourth-order valence-corrected chi connectivity index (χ4v) is 4.37. The van der Waals surface area contributed by atoms with Crippen LogP contribution in [-0.4, -0.2) is 63.7 Å². The summed E-state index contributed by atoms with van der Waals surface area (Å²) < 4.78 is 1.26. The van der Waals surface area contributed by atoms with Crippen LogP contribution in [0.25, 0.3) is 10.9 Å². The van der Waals surface area contributed by atoms with Crippen LogP contribution in [0.3, 0.4) is 0 Å². The van der Waals surface area contributed by atoms with E-state index < -0.39 is 12.6 Å². The van der Waals surface area contributed by atoms with Gasteiger partial charge in [-0.3, -0.25) is 9.36 Å². The van der Waals surface area contributed by atoms with Gasteiger partial charge in [0.2, 0.25) is 0 Å². The van der Waals surface area contributed by atoms with Crippen molar-refractivity contribution < 1.29 is 10.2 Å². The van der Waals surface area contributed by atoms with Crippen molar-refractivity contribution in [3.63, 3.8) is 0 Å². The lowest BCUT2D eigenvalue weighted by Crippen LogP contribution is -2.47. The molecule has 0 aliphatic carbocycles. The zero-order chi connectivity index (χ0) is 24.6. The molecule has 2 heterocycles. The van der Waals surface area contributed by atoms with Gasteiger partial charge in [0.05, 0.1) is 10.9 Å². The molecular weight excluding hydrogens is 448 g/mol. The molecule has 188 valence electrons. The number of H-pyrrole nitrogens is 1. The minimum atomic E-state index is -0.912. The Bertz CT molecular complexity index is 1230. The lowest BCUT2D eigenvalue weighted by atomic mass is 10.1. The van der Waals surface area contributed by atoms with Crippen LogP contribution in [0.15, 0.2) is 58.1 Å². The molecule has 0 amide bonds. The molecule has 2 atom stereocenters. The van der Waals surface area contributed by atoms with Gasteiger partial charge in [-0.25, -0.2) is 9.69 Å². The van der Waals surface area contributed by atoms with Crippen LogP contribution in [0.4, 0.5) is 5.69 Å². The first-order chi connectivity index (χ1) is 17.1. The fourth-order valence-electron chi connectivity index (χ4n) is 4.37. The maximum atomic E-state index is 12.5. The molecule has 6 N–H and O–H groups in total. The van der Waals surface area contributed by atoms with E-state index in [0.717, 1.165) is 50.3 Å². The fraction of sp³-hybridized carbons (Fsp3) is 0.440. The van der Waals surface area contributed by atoms with E-state index in [9.17, 15) is 19.8 Å². The molecule has 1 aliphatic rings. The third kappa shape index (κ3) is 6.16. The number of rotatable bonds is 12. The van der Waals surface area contributed by atoms with Gasteiger partial charge in [0, 0.05) is 24.3 Å². The number of nitrogens with zero attached hydrogens (tertiary/aromatic N) is 2. The first-order valence-corrected chi connectivity index (χ1v) is 12.2. The van der Waals surface area contributed by atoms with Crippen LogP contribution in [-0.2, 0) is 6.54 Å². The number of aliphatic hydroxyl groups excluding tert-OH is 2. The van der Waals surface area contributed by atoms with Gasteiger partial charge in [-0.15, -0.1) is 0 Å². The molecule has 10 heteroatoms. The summed E-state index contributed by atoms with van der Waals surface area (Å²) in [6, 6.07) is 14.5. The number of hydrogen-bond acceptors (Lipinski definition) is 8. The minimum absolute atomic E-state index is 0.252. The molecule has 4 rings (SSSR count). The van der Waals surface area contributed by atoms with Gasteiger partial charge in [-0.2, -0.15) is 0 Å². The van der Waals surface area contributed by atoms with Gasteiger partial charge in [0.1, 0.15) is 6.23 Å². The Morgan fingerprint density at radius 3 is 2.29 bits per heavy atom. The summed E-state index contributed by atoms with van der Waals surface area (Å²) in [5.74, 6) is 0. The van der Waals surface area contributed by atoms with Crippen LogP contribution in [0.1, 0.15) is 31.1 Å². The summed E-state index contributed by atoms with van der Waals surface area (Å²) in [6.45, 7) is 4.12.